The molecule has 0 unspecified atom stereocenters. The summed E-state index contributed by atoms with van der Waals surface area (Å²) in [5.74, 6) is 0.844. The van der Waals surface area contributed by atoms with Crippen molar-refractivity contribution in [1.29, 1.82) is 0 Å². The van der Waals surface area contributed by atoms with Gasteiger partial charge in [0.1, 0.15) is 5.75 Å². The fourth-order valence-electron chi connectivity index (χ4n) is 1.66. The van der Waals surface area contributed by atoms with Gasteiger partial charge in [-0.05, 0) is 36.8 Å². The van der Waals surface area contributed by atoms with Crippen molar-refractivity contribution in [3.63, 3.8) is 0 Å². The maximum absolute atomic E-state index is 5.60. The first-order chi connectivity index (χ1) is 7.76. The van der Waals surface area contributed by atoms with Crippen LogP contribution in [0.25, 0.3) is 11.3 Å². The fourth-order valence-corrected chi connectivity index (χ4v) is 1.66. The summed E-state index contributed by atoms with van der Waals surface area (Å²) in [6.45, 7) is 2.50. The Labute approximate surface area is 94.4 Å². The monoisotopic (exact) mass is 217 g/mol. The van der Waals surface area contributed by atoms with Crippen LogP contribution in [0.5, 0.6) is 5.75 Å². The number of H-pyrrole nitrogens is 1. The largest absolute Gasteiger partial charge is 0.497 e. The van der Waals surface area contributed by atoms with E-state index in [0.717, 1.165) is 28.3 Å². The molecule has 2 aromatic rings. The van der Waals surface area contributed by atoms with Crippen molar-refractivity contribution in [3.05, 3.63) is 35.5 Å². The lowest BCUT2D eigenvalue weighted by Crippen LogP contribution is -1.98. The van der Waals surface area contributed by atoms with Crippen molar-refractivity contribution in [2.24, 2.45) is 5.73 Å². The van der Waals surface area contributed by atoms with Crippen LogP contribution in [-0.4, -0.2) is 17.3 Å². The molecule has 0 saturated heterocycles. The summed E-state index contributed by atoms with van der Waals surface area (Å²) < 4.78 is 5.11. The number of nitrogens with one attached hydrogen (secondary N) is 1. The first-order valence-electron chi connectivity index (χ1n) is 5.14. The number of ether oxygens (including phenoxy) is 1. The summed E-state index contributed by atoms with van der Waals surface area (Å²) in [7, 11) is 1.65. The minimum Gasteiger partial charge on any atom is -0.497 e. The summed E-state index contributed by atoms with van der Waals surface area (Å²) in [4.78, 5) is 0. The first-order valence-corrected chi connectivity index (χ1v) is 5.14. The van der Waals surface area contributed by atoms with Gasteiger partial charge in [0.15, 0.2) is 0 Å². The van der Waals surface area contributed by atoms with Crippen molar-refractivity contribution < 1.29 is 4.74 Å². The van der Waals surface area contributed by atoms with Gasteiger partial charge in [-0.1, -0.05) is 0 Å². The number of nitrogens with zero attached hydrogens (tertiary/aromatic N) is 1. The Morgan fingerprint density at radius 1 is 1.31 bits per heavy atom. The zero-order valence-electron chi connectivity index (χ0n) is 9.45. The zero-order chi connectivity index (χ0) is 11.5. The molecule has 4 heteroatoms. The van der Waals surface area contributed by atoms with E-state index < -0.39 is 0 Å². The van der Waals surface area contributed by atoms with Gasteiger partial charge in [0.2, 0.25) is 0 Å². The highest BCUT2D eigenvalue weighted by molar-refractivity contribution is 5.64. The molecule has 16 heavy (non-hydrogen) atoms. The first kappa shape index (κ1) is 10.7. The van der Waals surface area contributed by atoms with Crippen LogP contribution in [0.4, 0.5) is 0 Å². The van der Waals surface area contributed by atoms with E-state index in [1.807, 2.05) is 31.2 Å². The van der Waals surface area contributed by atoms with E-state index in [2.05, 4.69) is 10.2 Å². The average Bonchev–Trinajstić information content (AvgIpc) is 2.70. The quantitative estimate of drug-likeness (QED) is 0.824. The molecule has 0 aliphatic carbocycles. The van der Waals surface area contributed by atoms with Crippen LogP contribution >= 0.6 is 0 Å². The molecule has 4 nitrogen and oxygen atoms in total. The second-order valence-electron chi connectivity index (χ2n) is 3.61. The van der Waals surface area contributed by atoms with Crippen LogP contribution in [0.1, 0.15) is 11.3 Å². The fraction of sp³-hybridized carbons (Fsp3) is 0.250. The molecule has 0 aliphatic heterocycles. The zero-order valence-corrected chi connectivity index (χ0v) is 9.45. The molecule has 0 spiro atoms. The van der Waals surface area contributed by atoms with Gasteiger partial charge in [-0.25, -0.2) is 0 Å². The Morgan fingerprint density at radius 3 is 2.50 bits per heavy atom. The van der Waals surface area contributed by atoms with Gasteiger partial charge in [-0.15, -0.1) is 0 Å². The highest BCUT2D eigenvalue weighted by atomic mass is 16.5. The standard InChI is InChI=1S/C12H15N3O/c1-8-11(7-13)14-15-12(8)9-3-5-10(16-2)6-4-9/h3-6H,7,13H2,1-2H3,(H,14,15). The van der Waals surface area contributed by atoms with Crippen molar-refractivity contribution in [2.45, 2.75) is 13.5 Å². The van der Waals surface area contributed by atoms with E-state index >= 15 is 0 Å². The molecule has 3 N–H and O–H groups in total. The molecule has 0 radical (unpaired) electrons. The van der Waals surface area contributed by atoms with Gasteiger partial charge in [0, 0.05) is 12.1 Å². The molecule has 84 valence electrons. The van der Waals surface area contributed by atoms with E-state index in [4.69, 9.17) is 10.5 Å². The maximum atomic E-state index is 5.60. The minimum atomic E-state index is 0.481. The summed E-state index contributed by atoms with van der Waals surface area (Å²) in [6.07, 6.45) is 0. The number of methoxy groups -OCH3 is 1. The van der Waals surface area contributed by atoms with Crippen molar-refractivity contribution in [3.8, 4) is 17.0 Å². The topological polar surface area (TPSA) is 63.9 Å². The molecule has 0 bridgehead atoms. The van der Waals surface area contributed by atoms with Gasteiger partial charge in [0.25, 0.3) is 0 Å². The van der Waals surface area contributed by atoms with Crippen molar-refractivity contribution in [2.75, 3.05) is 7.11 Å². The van der Waals surface area contributed by atoms with Crippen LogP contribution in [0.3, 0.4) is 0 Å². The third-order valence-corrected chi connectivity index (χ3v) is 2.68. The Balaban J connectivity index is 2.38. The lowest BCUT2D eigenvalue weighted by atomic mass is 10.1. The number of hydrogen-bond acceptors (Lipinski definition) is 3. The number of nitrogens with two attached hydrogens (primary N) is 1. The number of rotatable bonds is 3. The van der Waals surface area contributed by atoms with E-state index in [1.165, 1.54) is 0 Å². The van der Waals surface area contributed by atoms with Crippen LogP contribution in [-0.2, 0) is 6.54 Å². The highest BCUT2D eigenvalue weighted by Gasteiger charge is 2.09. The molecule has 0 aliphatic rings. The summed E-state index contributed by atoms with van der Waals surface area (Å²) in [6, 6.07) is 7.82. The van der Waals surface area contributed by atoms with E-state index in [0.29, 0.717) is 6.54 Å². The third-order valence-electron chi connectivity index (χ3n) is 2.68. The van der Waals surface area contributed by atoms with Gasteiger partial charge < -0.3 is 10.5 Å². The Bertz CT molecular complexity index is 474. The molecule has 2 rings (SSSR count). The summed E-state index contributed by atoms with van der Waals surface area (Å²) in [5, 5.41) is 7.21. The number of benzene rings is 1. The normalized spacial score (nSPS) is 10.4. The summed E-state index contributed by atoms with van der Waals surface area (Å²) in [5.41, 5.74) is 9.69. The Kier molecular flexibility index (Phi) is 2.92. The van der Waals surface area contributed by atoms with Gasteiger partial charge >= 0.3 is 0 Å². The molecule has 1 heterocycles. The Morgan fingerprint density at radius 2 is 2.00 bits per heavy atom. The number of aromatic nitrogens is 2. The SMILES string of the molecule is COc1ccc(-c2n[nH]c(CN)c2C)cc1. The van der Waals surface area contributed by atoms with Crippen LogP contribution in [0, 0.1) is 6.92 Å². The van der Waals surface area contributed by atoms with E-state index in [-0.39, 0.29) is 0 Å². The van der Waals surface area contributed by atoms with Gasteiger partial charge in [-0.2, -0.15) is 5.10 Å². The third kappa shape index (κ3) is 1.79. The number of hydrogen-bond donors (Lipinski definition) is 2. The molecule has 1 aromatic carbocycles. The molecule has 1 aromatic heterocycles. The average molecular weight is 217 g/mol. The molecular formula is C12H15N3O. The van der Waals surface area contributed by atoms with Crippen LogP contribution in [0.2, 0.25) is 0 Å². The van der Waals surface area contributed by atoms with Gasteiger partial charge in [0.05, 0.1) is 18.5 Å². The highest BCUT2D eigenvalue weighted by Crippen LogP contribution is 2.24. The lowest BCUT2D eigenvalue weighted by molar-refractivity contribution is 0.415. The molecule has 0 fully saturated rings. The van der Waals surface area contributed by atoms with E-state index in [1.54, 1.807) is 7.11 Å². The smallest absolute Gasteiger partial charge is 0.118 e. The second-order valence-corrected chi connectivity index (χ2v) is 3.61. The lowest BCUT2D eigenvalue weighted by Gasteiger charge is -2.02. The minimum absolute atomic E-state index is 0.481. The Hall–Kier alpha value is -1.81. The van der Waals surface area contributed by atoms with Gasteiger partial charge in [-0.3, -0.25) is 5.10 Å². The van der Waals surface area contributed by atoms with Crippen molar-refractivity contribution in [1.82, 2.24) is 10.2 Å². The predicted molar refractivity (Wildman–Crippen MR) is 63.2 cm³/mol. The molecule has 0 amide bonds. The van der Waals surface area contributed by atoms with Crippen LogP contribution < -0.4 is 10.5 Å². The van der Waals surface area contributed by atoms with Crippen molar-refractivity contribution >= 4 is 0 Å². The number of aromatic amines is 1. The summed E-state index contributed by atoms with van der Waals surface area (Å²) >= 11 is 0. The van der Waals surface area contributed by atoms with Crippen LogP contribution in [0.15, 0.2) is 24.3 Å². The maximum Gasteiger partial charge on any atom is 0.118 e. The predicted octanol–water partition coefficient (Wildman–Crippen LogP) is 1.85. The second kappa shape index (κ2) is 4.37. The van der Waals surface area contributed by atoms with E-state index in [9.17, 15) is 0 Å². The molecular weight excluding hydrogens is 202 g/mol. The molecule has 0 saturated carbocycles. The molecule has 0 atom stereocenters.